The Hall–Kier alpha value is -1.06. The minimum Gasteiger partial charge on any atom is -0.140 e. The highest BCUT2D eigenvalue weighted by atomic mass is 35.5. The Labute approximate surface area is 185 Å². The second-order valence-electron chi connectivity index (χ2n) is 9.14. The molecule has 0 aliphatic rings. The highest BCUT2D eigenvalue weighted by Crippen LogP contribution is 2.43. The van der Waals surface area contributed by atoms with Crippen LogP contribution in [0, 0.1) is 0 Å². The topological polar surface area (TPSA) is 0 Å². The number of halogens is 2. The molecule has 0 aliphatic heterocycles. The molecule has 4 rings (SSSR count). The molecule has 0 fully saturated rings. The molecule has 2 aromatic carbocycles. The van der Waals surface area contributed by atoms with E-state index in [9.17, 15) is 0 Å². The van der Waals surface area contributed by atoms with E-state index in [1.165, 1.54) is 30.1 Å². The standard InChI is InChI=1S/C24H24Cl2S2/c1-23(2,3)19-11-14-9-10-15(21(26)22(14)28-19)13-24(4,5)20-12-16-17(25)7-6-8-18(16)27-20/h6-12H,13H2,1-5H3. The quantitative estimate of drug-likeness (QED) is 0.294. The van der Waals surface area contributed by atoms with E-state index in [-0.39, 0.29) is 10.8 Å². The van der Waals surface area contributed by atoms with Crippen molar-refractivity contribution in [1.82, 2.24) is 0 Å². The summed E-state index contributed by atoms with van der Waals surface area (Å²) in [6.45, 7) is 11.3. The van der Waals surface area contributed by atoms with Crippen LogP contribution in [-0.2, 0) is 17.3 Å². The lowest BCUT2D eigenvalue weighted by molar-refractivity contribution is 0.534. The van der Waals surface area contributed by atoms with Crippen LogP contribution in [0.25, 0.3) is 20.2 Å². The highest BCUT2D eigenvalue weighted by Gasteiger charge is 2.26. The molecule has 0 saturated carbocycles. The summed E-state index contributed by atoms with van der Waals surface area (Å²) in [6, 6.07) is 15.1. The predicted molar refractivity (Wildman–Crippen MR) is 129 cm³/mol. The van der Waals surface area contributed by atoms with Crippen LogP contribution in [0.5, 0.6) is 0 Å². The van der Waals surface area contributed by atoms with E-state index < -0.39 is 0 Å². The predicted octanol–water partition coefficient (Wildman–Crippen LogP) is 9.24. The Bertz CT molecular complexity index is 1170. The van der Waals surface area contributed by atoms with E-state index in [4.69, 9.17) is 23.2 Å². The van der Waals surface area contributed by atoms with Gasteiger partial charge in [-0.25, -0.2) is 0 Å². The molecular formula is C24H24Cl2S2. The van der Waals surface area contributed by atoms with Crippen molar-refractivity contribution in [2.75, 3.05) is 0 Å². The fourth-order valence-electron chi connectivity index (χ4n) is 3.54. The summed E-state index contributed by atoms with van der Waals surface area (Å²) >= 11 is 16.9. The molecule has 2 heterocycles. The van der Waals surface area contributed by atoms with E-state index in [2.05, 4.69) is 65.0 Å². The molecule has 4 aromatic rings. The fourth-order valence-corrected chi connectivity index (χ4v) is 6.54. The van der Waals surface area contributed by atoms with Gasteiger partial charge in [-0.05, 0) is 47.1 Å². The smallest absolute Gasteiger partial charge is 0.0616 e. The molecule has 146 valence electrons. The fraction of sp³-hybridized carbons (Fsp3) is 0.333. The number of benzene rings is 2. The van der Waals surface area contributed by atoms with Gasteiger partial charge in [0.2, 0.25) is 0 Å². The molecule has 0 N–H and O–H groups in total. The summed E-state index contributed by atoms with van der Waals surface area (Å²) in [4.78, 5) is 2.72. The van der Waals surface area contributed by atoms with Gasteiger partial charge in [0.1, 0.15) is 0 Å². The lowest BCUT2D eigenvalue weighted by Crippen LogP contribution is -2.19. The van der Waals surface area contributed by atoms with E-state index in [0.717, 1.165) is 21.9 Å². The second kappa shape index (κ2) is 7.02. The summed E-state index contributed by atoms with van der Waals surface area (Å²) in [5.41, 5.74) is 1.34. The van der Waals surface area contributed by atoms with Crippen molar-refractivity contribution < 1.29 is 0 Å². The summed E-state index contributed by atoms with van der Waals surface area (Å²) in [5.74, 6) is 0. The van der Waals surface area contributed by atoms with Crippen LogP contribution >= 0.6 is 45.9 Å². The molecule has 0 amide bonds. The van der Waals surface area contributed by atoms with Crippen molar-refractivity contribution in [1.29, 1.82) is 0 Å². The van der Waals surface area contributed by atoms with Gasteiger partial charge in [0.15, 0.2) is 0 Å². The lowest BCUT2D eigenvalue weighted by atomic mass is 9.84. The number of hydrogen-bond donors (Lipinski definition) is 0. The van der Waals surface area contributed by atoms with Gasteiger partial charge in [0.05, 0.1) is 9.72 Å². The third kappa shape index (κ3) is 3.61. The van der Waals surface area contributed by atoms with E-state index in [1.807, 2.05) is 34.8 Å². The van der Waals surface area contributed by atoms with Crippen LogP contribution in [-0.4, -0.2) is 0 Å². The van der Waals surface area contributed by atoms with E-state index >= 15 is 0 Å². The van der Waals surface area contributed by atoms with E-state index in [1.54, 1.807) is 0 Å². The van der Waals surface area contributed by atoms with Crippen molar-refractivity contribution >= 4 is 66.0 Å². The van der Waals surface area contributed by atoms with Crippen molar-refractivity contribution in [3.63, 3.8) is 0 Å². The molecule has 0 bridgehead atoms. The van der Waals surface area contributed by atoms with Gasteiger partial charge in [-0.1, -0.05) is 76.0 Å². The second-order valence-corrected chi connectivity index (χ2v) is 12.1. The Balaban J connectivity index is 1.73. The van der Waals surface area contributed by atoms with Gasteiger partial charge in [-0.2, -0.15) is 0 Å². The van der Waals surface area contributed by atoms with Gasteiger partial charge in [-0.15, -0.1) is 22.7 Å². The van der Waals surface area contributed by atoms with Crippen LogP contribution in [0.3, 0.4) is 0 Å². The van der Waals surface area contributed by atoms with Gasteiger partial charge in [0, 0.05) is 30.3 Å². The molecule has 0 spiro atoms. The van der Waals surface area contributed by atoms with Crippen molar-refractivity contribution in [2.45, 2.75) is 51.9 Å². The molecule has 2 aromatic heterocycles. The first-order valence-corrected chi connectivity index (χ1v) is 11.8. The molecule has 0 radical (unpaired) electrons. The van der Waals surface area contributed by atoms with Crippen molar-refractivity contribution in [3.05, 3.63) is 67.8 Å². The Morgan fingerprint density at radius 3 is 2.29 bits per heavy atom. The minimum atomic E-state index is -0.0194. The zero-order chi connectivity index (χ0) is 20.3. The first kappa shape index (κ1) is 20.2. The summed E-state index contributed by atoms with van der Waals surface area (Å²) in [5, 5.41) is 4.12. The maximum Gasteiger partial charge on any atom is 0.0616 e. The number of rotatable bonds is 3. The van der Waals surface area contributed by atoms with Crippen LogP contribution in [0.15, 0.2) is 42.5 Å². The molecule has 28 heavy (non-hydrogen) atoms. The van der Waals surface area contributed by atoms with Gasteiger partial charge < -0.3 is 0 Å². The molecule has 0 aliphatic carbocycles. The first-order valence-electron chi connectivity index (χ1n) is 9.46. The molecule has 0 atom stereocenters. The monoisotopic (exact) mass is 446 g/mol. The van der Waals surface area contributed by atoms with Crippen LogP contribution in [0.4, 0.5) is 0 Å². The SMILES string of the molecule is CC(C)(C)c1cc2ccc(CC(C)(C)c3cc4c(Cl)cccc4s3)c(Cl)c2s1. The van der Waals surface area contributed by atoms with Crippen molar-refractivity contribution in [2.24, 2.45) is 0 Å². The average Bonchev–Trinajstić information content (AvgIpc) is 3.22. The largest absolute Gasteiger partial charge is 0.140 e. The maximum atomic E-state index is 6.90. The molecule has 0 unspecified atom stereocenters. The zero-order valence-corrected chi connectivity index (χ0v) is 20.0. The number of thiophene rings is 2. The number of fused-ring (bicyclic) bond motifs is 2. The average molecular weight is 447 g/mol. The zero-order valence-electron chi connectivity index (χ0n) is 16.8. The van der Waals surface area contributed by atoms with Gasteiger partial charge >= 0.3 is 0 Å². The molecule has 0 nitrogen and oxygen atoms in total. The van der Waals surface area contributed by atoms with Gasteiger partial charge in [-0.3, -0.25) is 0 Å². The highest BCUT2D eigenvalue weighted by molar-refractivity contribution is 7.20. The summed E-state index contributed by atoms with van der Waals surface area (Å²) < 4.78 is 2.45. The molecule has 0 saturated heterocycles. The van der Waals surface area contributed by atoms with Crippen LogP contribution < -0.4 is 0 Å². The summed E-state index contributed by atoms with van der Waals surface area (Å²) in [7, 11) is 0. The normalized spacial score (nSPS) is 13.0. The van der Waals surface area contributed by atoms with Gasteiger partial charge in [0.25, 0.3) is 0 Å². The maximum absolute atomic E-state index is 6.90. The Morgan fingerprint density at radius 1 is 0.857 bits per heavy atom. The Kier molecular flexibility index (Phi) is 5.07. The third-order valence-corrected chi connectivity index (χ3v) is 9.19. The molecule has 4 heteroatoms. The third-order valence-electron chi connectivity index (χ3n) is 5.25. The van der Waals surface area contributed by atoms with Crippen molar-refractivity contribution in [3.8, 4) is 0 Å². The Morgan fingerprint density at radius 2 is 1.61 bits per heavy atom. The number of hydrogen-bond acceptors (Lipinski definition) is 2. The minimum absolute atomic E-state index is 0.0194. The van der Waals surface area contributed by atoms with Crippen LogP contribution in [0.1, 0.15) is 49.9 Å². The van der Waals surface area contributed by atoms with E-state index in [0.29, 0.717) is 0 Å². The van der Waals surface area contributed by atoms with Crippen LogP contribution in [0.2, 0.25) is 10.0 Å². The molecular weight excluding hydrogens is 423 g/mol. The lowest BCUT2D eigenvalue weighted by Gasteiger charge is -2.24. The summed E-state index contributed by atoms with van der Waals surface area (Å²) in [6.07, 6.45) is 0.898. The first-order chi connectivity index (χ1) is 13.1.